The summed E-state index contributed by atoms with van der Waals surface area (Å²) in [5.41, 5.74) is 7.79. The molecular weight excluding hydrogens is 358 g/mol. The number of ether oxygens (including phenoxy) is 1. The highest BCUT2D eigenvalue weighted by molar-refractivity contribution is 6.02. The van der Waals surface area contributed by atoms with Crippen molar-refractivity contribution in [3.05, 3.63) is 82.9 Å². The molecule has 0 aliphatic carbocycles. The summed E-state index contributed by atoms with van der Waals surface area (Å²) in [5, 5.41) is 1.14. The van der Waals surface area contributed by atoms with Gasteiger partial charge in [0.15, 0.2) is 0 Å². The molecule has 0 spiro atoms. The summed E-state index contributed by atoms with van der Waals surface area (Å²) >= 11 is 0. The van der Waals surface area contributed by atoms with Crippen molar-refractivity contribution in [1.29, 1.82) is 0 Å². The second-order valence-electron chi connectivity index (χ2n) is 7.77. The normalized spacial score (nSPS) is 14.7. The number of furan rings is 1. The van der Waals surface area contributed by atoms with Crippen LogP contribution in [0.15, 0.2) is 65.1 Å². The summed E-state index contributed by atoms with van der Waals surface area (Å²) in [5.74, 6) is 1.81. The molecule has 29 heavy (non-hydrogen) atoms. The standard InChI is InChI=1S/C26H21NO2/c1-17-11-14-24-21(16-17)20-13-12-18-6-2-3-9-22(18)27(26(20)29-24)23-10-4-7-19-8-5-15-28-25(19)23/h2-4,6-7,9-14,16H,5,8,15H2,1H3. The van der Waals surface area contributed by atoms with Crippen LogP contribution in [-0.2, 0) is 6.42 Å². The lowest BCUT2D eigenvalue weighted by molar-refractivity contribution is 0.289. The highest BCUT2D eigenvalue weighted by Crippen LogP contribution is 2.49. The van der Waals surface area contributed by atoms with E-state index < -0.39 is 0 Å². The number of para-hydroxylation sites is 2. The Balaban J connectivity index is 1.68. The average Bonchev–Trinajstić information content (AvgIpc) is 3.02. The molecule has 0 saturated heterocycles. The number of nitrogens with zero attached hydrogens (tertiary/aromatic N) is 1. The molecule has 0 unspecified atom stereocenters. The number of fused-ring (bicyclic) bond motifs is 5. The quantitative estimate of drug-likeness (QED) is 0.313. The molecule has 142 valence electrons. The van der Waals surface area contributed by atoms with Crippen molar-refractivity contribution in [2.75, 3.05) is 11.5 Å². The van der Waals surface area contributed by atoms with Gasteiger partial charge in [-0.15, -0.1) is 0 Å². The van der Waals surface area contributed by atoms with Gasteiger partial charge in [0.25, 0.3) is 0 Å². The summed E-state index contributed by atoms with van der Waals surface area (Å²) in [4.78, 5) is 2.23. The van der Waals surface area contributed by atoms with E-state index in [1.807, 2.05) is 0 Å². The molecule has 0 N–H and O–H groups in total. The molecule has 0 atom stereocenters. The van der Waals surface area contributed by atoms with E-state index in [1.165, 1.54) is 11.1 Å². The van der Waals surface area contributed by atoms with E-state index in [4.69, 9.17) is 9.15 Å². The van der Waals surface area contributed by atoms with Crippen LogP contribution in [0, 0.1) is 6.92 Å². The van der Waals surface area contributed by atoms with Gasteiger partial charge in [-0.3, -0.25) is 4.90 Å². The molecule has 3 nitrogen and oxygen atoms in total. The highest BCUT2D eigenvalue weighted by atomic mass is 16.5. The van der Waals surface area contributed by atoms with Crippen LogP contribution in [-0.4, -0.2) is 6.61 Å². The molecule has 2 aliphatic rings. The van der Waals surface area contributed by atoms with E-state index in [2.05, 4.69) is 84.6 Å². The summed E-state index contributed by atoms with van der Waals surface area (Å²) in [6.07, 6.45) is 6.46. The maximum atomic E-state index is 6.46. The zero-order valence-corrected chi connectivity index (χ0v) is 16.3. The summed E-state index contributed by atoms with van der Waals surface area (Å²) in [6, 6.07) is 21.2. The number of hydrogen-bond acceptors (Lipinski definition) is 3. The summed E-state index contributed by atoms with van der Waals surface area (Å²) in [7, 11) is 0. The van der Waals surface area contributed by atoms with Gasteiger partial charge >= 0.3 is 0 Å². The van der Waals surface area contributed by atoms with E-state index in [-0.39, 0.29) is 0 Å². The minimum Gasteiger partial charge on any atom is -0.491 e. The molecule has 0 saturated carbocycles. The average molecular weight is 379 g/mol. The largest absolute Gasteiger partial charge is 0.491 e. The van der Waals surface area contributed by atoms with Crippen molar-refractivity contribution in [2.24, 2.45) is 0 Å². The molecule has 0 bridgehead atoms. The Morgan fingerprint density at radius 2 is 1.79 bits per heavy atom. The second kappa shape index (κ2) is 6.28. The van der Waals surface area contributed by atoms with Gasteiger partial charge in [0.2, 0.25) is 5.88 Å². The molecule has 0 radical (unpaired) electrons. The molecule has 3 heterocycles. The van der Waals surface area contributed by atoms with Crippen molar-refractivity contribution < 1.29 is 9.15 Å². The van der Waals surface area contributed by atoms with E-state index in [1.54, 1.807) is 0 Å². The zero-order chi connectivity index (χ0) is 19.4. The molecule has 6 rings (SSSR count). The molecular formula is C26H21NO2. The van der Waals surface area contributed by atoms with Crippen LogP contribution in [0.2, 0.25) is 0 Å². The van der Waals surface area contributed by atoms with Crippen LogP contribution < -0.4 is 9.64 Å². The van der Waals surface area contributed by atoms with E-state index in [9.17, 15) is 0 Å². The van der Waals surface area contributed by atoms with E-state index in [0.29, 0.717) is 0 Å². The third-order valence-corrected chi connectivity index (χ3v) is 5.83. The van der Waals surface area contributed by atoms with Crippen molar-refractivity contribution in [3.8, 4) is 5.75 Å². The molecule has 4 aromatic rings. The molecule has 2 aliphatic heterocycles. The predicted octanol–water partition coefficient (Wildman–Crippen LogP) is 7.02. The molecule has 1 aromatic heterocycles. The third kappa shape index (κ3) is 2.51. The Kier molecular flexibility index (Phi) is 3.57. The van der Waals surface area contributed by atoms with Gasteiger partial charge in [-0.25, -0.2) is 0 Å². The first kappa shape index (κ1) is 16.5. The van der Waals surface area contributed by atoms with E-state index in [0.717, 1.165) is 64.6 Å². The minimum atomic E-state index is 0.754. The van der Waals surface area contributed by atoms with E-state index >= 15 is 0 Å². The van der Waals surface area contributed by atoms with Crippen molar-refractivity contribution in [2.45, 2.75) is 19.8 Å². The lowest BCUT2D eigenvalue weighted by atomic mass is 10.0. The van der Waals surface area contributed by atoms with Crippen molar-refractivity contribution in [3.63, 3.8) is 0 Å². The van der Waals surface area contributed by atoms with Crippen LogP contribution in [0.1, 0.15) is 28.7 Å². The molecule has 3 aromatic carbocycles. The minimum absolute atomic E-state index is 0.754. The highest BCUT2D eigenvalue weighted by Gasteiger charge is 2.29. The van der Waals surface area contributed by atoms with Crippen LogP contribution >= 0.6 is 0 Å². The Morgan fingerprint density at radius 1 is 0.897 bits per heavy atom. The zero-order valence-electron chi connectivity index (χ0n) is 16.3. The van der Waals surface area contributed by atoms with Gasteiger partial charge in [-0.2, -0.15) is 0 Å². The summed E-state index contributed by atoms with van der Waals surface area (Å²) < 4.78 is 12.6. The number of hydrogen-bond donors (Lipinski definition) is 0. The number of benzene rings is 3. The fourth-order valence-electron chi connectivity index (χ4n) is 4.45. The third-order valence-electron chi connectivity index (χ3n) is 5.83. The Bertz CT molecular complexity index is 1280. The Morgan fingerprint density at radius 3 is 2.76 bits per heavy atom. The van der Waals surface area contributed by atoms with Crippen LogP contribution in [0.3, 0.4) is 0 Å². The van der Waals surface area contributed by atoms with Gasteiger partial charge in [0.05, 0.1) is 18.0 Å². The molecule has 0 amide bonds. The van der Waals surface area contributed by atoms with Gasteiger partial charge < -0.3 is 9.15 Å². The van der Waals surface area contributed by atoms with Gasteiger partial charge in [0, 0.05) is 10.9 Å². The maximum absolute atomic E-state index is 6.46. The smallest absolute Gasteiger partial charge is 0.213 e. The first-order valence-corrected chi connectivity index (χ1v) is 10.1. The fraction of sp³-hybridized carbons (Fsp3) is 0.154. The van der Waals surface area contributed by atoms with Crippen LogP contribution in [0.5, 0.6) is 5.75 Å². The number of aryl methyl sites for hydroxylation is 2. The monoisotopic (exact) mass is 379 g/mol. The van der Waals surface area contributed by atoms with Crippen molar-refractivity contribution >= 4 is 40.4 Å². The predicted molar refractivity (Wildman–Crippen MR) is 118 cm³/mol. The first-order chi connectivity index (χ1) is 14.3. The number of rotatable bonds is 1. The Hall–Kier alpha value is -3.46. The summed E-state index contributed by atoms with van der Waals surface area (Å²) in [6.45, 7) is 2.87. The lowest BCUT2D eigenvalue weighted by Crippen LogP contribution is -2.16. The maximum Gasteiger partial charge on any atom is 0.213 e. The first-order valence-electron chi connectivity index (χ1n) is 10.1. The Labute approximate surface area is 169 Å². The topological polar surface area (TPSA) is 25.6 Å². The van der Waals surface area contributed by atoms with Gasteiger partial charge in [-0.1, -0.05) is 48.0 Å². The lowest BCUT2D eigenvalue weighted by Gasteiger charge is -2.28. The molecule has 3 heteroatoms. The number of anilines is 3. The van der Waals surface area contributed by atoms with Crippen LogP contribution in [0.25, 0.3) is 23.1 Å². The van der Waals surface area contributed by atoms with Crippen LogP contribution in [0.4, 0.5) is 17.3 Å². The fourth-order valence-corrected chi connectivity index (χ4v) is 4.45. The molecule has 0 fully saturated rings. The van der Waals surface area contributed by atoms with Gasteiger partial charge in [0.1, 0.15) is 11.3 Å². The SMILES string of the molecule is Cc1ccc2oc3c(c2c1)C=Cc1ccccc1N3c1cccc2c1OCCC2. The van der Waals surface area contributed by atoms with Crippen molar-refractivity contribution in [1.82, 2.24) is 0 Å². The second-order valence-corrected chi connectivity index (χ2v) is 7.77. The van der Waals surface area contributed by atoms with Gasteiger partial charge in [-0.05, 0) is 61.2 Å².